The van der Waals surface area contributed by atoms with Crippen molar-refractivity contribution in [3.05, 3.63) is 44.5 Å². The molecule has 1 unspecified atom stereocenters. The molecule has 0 radical (unpaired) electrons. The van der Waals surface area contributed by atoms with E-state index in [4.69, 9.17) is 0 Å². The van der Waals surface area contributed by atoms with E-state index in [0.717, 1.165) is 19.3 Å². The number of benzene rings is 1. The molecule has 0 aliphatic carbocycles. The molecule has 0 heterocycles. The van der Waals surface area contributed by atoms with E-state index in [1.165, 1.54) is 26.7 Å². The van der Waals surface area contributed by atoms with Crippen LogP contribution in [0, 0.1) is 6.92 Å². The van der Waals surface area contributed by atoms with Crippen LogP contribution in [-0.2, 0) is 6.42 Å². The first-order valence-electron chi connectivity index (χ1n) is 6.65. The lowest BCUT2D eigenvalue weighted by atomic mass is 10.0. The van der Waals surface area contributed by atoms with Crippen molar-refractivity contribution in [2.45, 2.75) is 52.6 Å². The minimum atomic E-state index is -0.325. The van der Waals surface area contributed by atoms with Crippen LogP contribution in [0.15, 0.2) is 33.4 Å². The summed E-state index contributed by atoms with van der Waals surface area (Å²) in [5.74, 6) is 0. The normalized spacial score (nSPS) is 14.3. The van der Waals surface area contributed by atoms with Crippen LogP contribution in [0.3, 0.4) is 0 Å². The predicted octanol–water partition coefficient (Wildman–Crippen LogP) is 4.80. The maximum absolute atomic E-state index is 9.87. The lowest BCUT2D eigenvalue weighted by Gasteiger charge is -2.14. The number of allylic oxidation sites excluding steroid dienone is 1. The van der Waals surface area contributed by atoms with E-state index in [-0.39, 0.29) is 6.10 Å². The van der Waals surface area contributed by atoms with Gasteiger partial charge in [-0.2, -0.15) is 0 Å². The molecular formula is C16H23IO. The molecule has 0 aromatic heterocycles. The fourth-order valence-corrected chi connectivity index (χ4v) is 3.10. The van der Waals surface area contributed by atoms with Gasteiger partial charge in [-0.3, -0.25) is 0 Å². The average Bonchev–Trinajstić information content (AvgIpc) is 2.32. The molecule has 1 aromatic rings. The maximum Gasteiger partial charge on any atom is 0.0732 e. The third kappa shape index (κ3) is 5.11. The Labute approximate surface area is 124 Å². The summed E-state index contributed by atoms with van der Waals surface area (Å²) in [4.78, 5) is 0. The Morgan fingerprint density at radius 3 is 2.39 bits per heavy atom. The molecule has 1 atom stereocenters. The third-order valence-corrected chi connectivity index (χ3v) is 4.21. The highest BCUT2D eigenvalue weighted by Gasteiger charge is 2.10. The second-order valence-corrected chi connectivity index (χ2v) is 6.17. The van der Waals surface area contributed by atoms with Gasteiger partial charge in [-0.15, -0.1) is 0 Å². The molecule has 0 amide bonds. The Bertz CT molecular complexity index is 390. The number of halogens is 1. The summed E-state index contributed by atoms with van der Waals surface area (Å²) in [6.45, 7) is 6.17. The zero-order valence-corrected chi connectivity index (χ0v) is 13.7. The molecule has 1 rings (SSSR count). The Balaban J connectivity index is 2.80. The van der Waals surface area contributed by atoms with Gasteiger partial charge < -0.3 is 5.11 Å². The summed E-state index contributed by atoms with van der Waals surface area (Å²) in [5.41, 5.74) is 3.82. The van der Waals surface area contributed by atoms with Gasteiger partial charge in [0.05, 0.1) is 6.10 Å². The van der Waals surface area contributed by atoms with Gasteiger partial charge in [0.15, 0.2) is 0 Å². The van der Waals surface area contributed by atoms with Crippen molar-refractivity contribution in [3.63, 3.8) is 0 Å². The van der Waals surface area contributed by atoms with Gasteiger partial charge in [-0.05, 0) is 64.0 Å². The summed E-state index contributed by atoms with van der Waals surface area (Å²) in [5, 5.41) is 9.87. The molecule has 0 fully saturated rings. The Morgan fingerprint density at radius 1 is 1.28 bits per heavy atom. The van der Waals surface area contributed by atoms with Crippen LogP contribution in [0.2, 0.25) is 0 Å². The van der Waals surface area contributed by atoms with Gasteiger partial charge >= 0.3 is 0 Å². The van der Waals surface area contributed by atoms with Gasteiger partial charge in [0.2, 0.25) is 0 Å². The summed E-state index contributed by atoms with van der Waals surface area (Å²) in [6.07, 6.45) is 3.95. The maximum atomic E-state index is 9.87. The Kier molecular flexibility index (Phi) is 6.94. The standard InChI is InChI=1S/C16H23IO/c1-4-5-6-15(13(3)18)16(17)11-14-9-7-12(2)8-10-14/h7-10,13,18H,4-6,11H2,1-3H3/b16-15-. The first-order chi connectivity index (χ1) is 8.54. The second kappa shape index (κ2) is 7.95. The SMILES string of the molecule is CCCC/C(=C(/I)Cc1ccc(C)cc1)C(C)O. The molecular weight excluding hydrogens is 335 g/mol. The van der Waals surface area contributed by atoms with E-state index in [1.54, 1.807) is 0 Å². The second-order valence-electron chi connectivity index (χ2n) is 4.87. The van der Waals surface area contributed by atoms with E-state index in [9.17, 15) is 5.11 Å². The van der Waals surface area contributed by atoms with Gasteiger partial charge in [0, 0.05) is 6.42 Å². The number of aryl methyl sites for hydroxylation is 1. The molecule has 2 heteroatoms. The largest absolute Gasteiger partial charge is 0.389 e. The van der Waals surface area contributed by atoms with Crippen molar-refractivity contribution in [2.75, 3.05) is 0 Å². The predicted molar refractivity (Wildman–Crippen MR) is 87.1 cm³/mol. The van der Waals surface area contributed by atoms with Crippen molar-refractivity contribution in [1.82, 2.24) is 0 Å². The minimum Gasteiger partial charge on any atom is -0.389 e. The molecule has 1 N–H and O–H groups in total. The number of hydrogen-bond acceptors (Lipinski definition) is 1. The van der Waals surface area contributed by atoms with Crippen molar-refractivity contribution in [1.29, 1.82) is 0 Å². The summed E-state index contributed by atoms with van der Waals surface area (Å²) < 4.78 is 1.29. The number of aliphatic hydroxyl groups is 1. The molecule has 1 aromatic carbocycles. The van der Waals surface area contributed by atoms with Crippen molar-refractivity contribution in [2.24, 2.45) is 0 Å². The molecule has 100 valence electrons. The van der Waals surface area contributed by atoms with E-state index in [0.29, 0.717) is 0 Å². The molecule has 0 aliphatic heterocycles. The highest BCUT2D eigenvalue weighted by atomic mass is 127. The quantitative estimate of drug-likeness (QED) is 0.725. The third-order valence-electron chi connectivity index (χ3n) is 3.13. The summed E-state index contributed by atoms with van der Waals surface area (Å²) in [7, 11) is 0. The topological polar surface area (TPSA) is 20.2 Å². The lowest BCUT2D eigenvalue weighted by Crippen LogP contribution is -2.07. The van der Waals surface area contributed by atoms with Crippen LogP contribution in [0.1, 0.15) is 44.2 Å². The first kappa shape index (κ1) is 15.7. The number of aliphatic hydroxyl groups excluding tert-OH is 1. The van der Waals surface area contributed by atoms with Crippen LogP contribution >= 0.6 is 22.6 Å². The van der Waals surface area contributed by atoms with E-state index in [2.05, 4.69) is 60.7 Å². The smallest absolute Gasteiger partial charge is 0.0732 e. The summed E-state index contributed by atoms with van der Waals surface area (Å²) >= 11 is 2.39. The molecule has 0 bridgehead atoms. The fraction of sp³-hybridized carbons (Fsp3) is 0.500. The van der Waals surface area contributed by atoms with Crippen molar-refractivity contribution >= 4 is 22.6 Å². The number of rotatable bonds is 6. The van der Waals surface area contributed by atoms with Crippen LogP contribution in [-0.4, -0.2) is 11.2 Å². The molecule has 1 nitrogen and oxygen atoms in total. The van der Waals surface area contributed by atoms with Gasteiger partial charge in [0.1, 0.15) is 0 Å². The molecule has 0 spiro atoms. The number of hydrogen-bond donors (Lipinski definition) is 1. The van der Waals surface area contributed by atoms with E-state index >= 15 is 0 Å². The molecule has 18 heavy (non-hydrogen) atoms. The minimum absolute atomic E-state index is 0.325. The first-order valence-corrected chi connectivity index (χ1v) is 7.73. The molecule has 0 saturated heterocycles. The van der Waals surface area contributed by atoms with Gasteiger partial charge in [-0.1, -0.05) is 43.2 Å². The Hall–Kier alpha value is -0.350. The van der Waals surface area contributed by atoms with Crippen LogP contribution in [0.4, 0.5) is 0 Å². The van der Waals surface area contributed by atoms with Gasteiger partial charge in [0.25, 0.3) is 0 Å². The monoisotopic (exact) mass is 358 g/mol. The van der Waals surface area contributed by atoms with E-state index in [1.807, 2.05) is 6.92 Å². The highest BCUT2D eigenvalue weighted by Crippen LogP contribution is 2.25. The van der Waals surface area contributed by atoms with Crippen LogP contribution in [0.25, 0.3) is 0 Å². The van der Waals surface area contributed by atoms with Gasteiger partial charge in [-0.25, -0.2) is 0 Å². The highest BCUT2D eigenvalue weighted by molar-refractivity contribution is 14.1. The Morgan fingerprint density at radius 2 is 1.89 bits per heavy atom. The van der Waals surface area contributed by atoms with Crippen molar-refractivity contribution < 1.29 is 5.11 Å². The number of unbranched alkanes of at least 4 members (excludes halogenated alkanes) is 1. The van der Waals surface area contributed by atoms with E-state index < -0.39 is 0 Å². The van der Waals surface area contributed by atoms with Crippen LogP contribution < -0.4 is 0 Å². The zero-order chi connectivity index (χ0) is 13.5. The van der Waals surface area contributed by atoms with Crippen molar-refractivity contribution in [3.8, 4) is 0 Å². The molecule has 0 saturated carbocycles. The lowest BCUT2D eigenvalue weighted by molar-refractivity contribution is 0.226. The zero-order valence-electron chi connectivity index (χ0n) is 11.5. The average molecular weight is 358 g/mol. The molecule has 0 aliphatic rings. The summed E-state index contributed by atoms with van der Waals surface area (Å²) in [6, 6.07) is 8.64. The fourth-order valence-electron chi connectivity index (χ4n) is 1.94. The van der Waals surface area contributed by atoms with Crippen LogP contribution in [0.5, 0.6) is 0 Å².